The third-order valence-electron chi connectivity index (χ3n) is 4.96. The van der Waals surface area contributed by atoms with E-state index in [4.69, 9.17) is 0 Å². The fraction of sp³-hybridized carbons (Fsp3) is 0.158. The number of urea groups is 1. The predicted octanol–water partition coefficient (Wildman–Crippen LogP) is 1.56. The number of carbonyl (C=O) groups is 4. The van der Waals surface area contributed by atoms with Gasteiger partial charge >= 0.3 is 12.2 Å². The van der Waals surface area contributed by atoms with Gasteiger partial charge in [0.25, 0.3) is 11.8 Å². The number of rotatable bonds is 3. The van der Waals surface area contributed by atoms with Crippen LogP contribution < -0.4 is 15.5 Å². The molecule has 2 unspecified atom stereocenters. The number of aliphatic imine (C=N–C) groups is 1. The molecule has 4 rings (SSSR count). The molecule has 3 heterocycles. The first-order chi connectivity index (χ1) is 15.1. The molecule has 0 spiro atoms. The summed E-state index contributed by atoms with van der Waals surface area (Å²) >= 11 is 0. The minimum Gasteiger partial charge on any atom is -0.329 e. The van der Waals surface area contributed by atoms with Gasteiger partial charge in [0.05, 0.1) is 5.69 Å². The number of nitrogens with zero attached hydrogens (tertiary/aromatic N) is 3. The van der Waals surface area contributed by atoms with Gasteiger partial charge in [-0.25, -0.2) is 14.1 Å². The molecule has 13 heteroatoms. The average molecular weight is 449 g/mol. The van der Waals surface area contributed by atoms with Crippen LogP contribution in [0.4, 0.5) is 28.0 Å². The lowest BCUT2D eigenvalue weighted by molar-refractivity contribution is -0.201. The van der Waals surface area contributed by atoms with Crippen LogP contribution in [0.15, 0.2) is 53.8 Å². The van der Waals surface area contributed by atoms with Crippen LogP contribution in [0.1, 0.15) is 10.4 Å². The number of para-hydroxylation sites is 1. The van der Waals surface area contributed by atoms with Gasteiger partial charge in [-0.2, -0.15) is 18.2 Å². The minimum absolute atomic E-state index is 0.275. The number of pyridine rings is 1. The van der Waals surface area contributed by atoms with Crippen molar-refractivity contribution >= 4 is 35.3 Å². The van der Waals surface area contributed by atoms with Gasteiger partial charge in [0, 0.05) is 18.0 Å². The third kappa shape index (κ3) is 3.01. The van der Waals surface area contributed by atoms with Crippen molar-refractivity contribution in [1.82, 2.24) is 15.6 Å². The number of amides is 5. The van der Waals surface area contributed by atoms with E-state index in [2.05, 4.69) is 9.98 Å². The predicted molar refractivity (Wildman–Crippen MR) is 98.8 cm³/mol. The number of fused-ring (bicyclic) bond motifs is 1. The molecule has 1 fully saturated rings. The number of hydrogen-bond donors (Lipinski definition) is 2. The second-order valence-electron chi connectivity index (χ2n) is 6.79. The Bertz CT molecular complexity index is 1180. The monoisotopic (exact) mass is 449 g/mol. The first-order valence-corrected chi connectivity index (χ1v) is 8.89. The molecule has 32 heavy (non-hydrogen) atoms. The lowest BCUT2D eigenvalue weighted by Crippen LogP contribution is -2.72. The molecule has 0 bridgehead atoms. The summed E-state index contributed by atoms with van der Waals surface area (Å²) < 4.78 is 57.3. The standard InChI is InChI=1S/C19H11F4N5O4/c20-10-3-1-2-4-11(10)28-13-12(15(30)26-17(28)32)18(16(31)25-13,19(21,22)23)27-14(29)9-5-7-24-8-6-9/h1-8,12H,(H,27,29)(H,26,30,32). The molecule has 1 saturated heterocycles. The highest BCUT2D eigenvalue weighted by molar-refractivity contribution is 6.35. The maximum atomic E-state index is 14.3. The number of alkyl halides is 3. The first-order valence-electron chi connectivity index (χ1n) is 8.89. The number of halogens is 4. The molecule has 9 nitrogen and oxygen atoms in total. The van der Waals surface area contributed by atoms with E-state index in [0.717, 1.165) is 36.7 Å². The van der Waals surface area contributed by atoms with Crippen LogP contribution in [-0.4, -0.2) is 46.3 Å². The lowest BCUT2D eigenvalue weighted by atomic mass is 9.81. The van der Waals surface area contributed by atoms with Crippen molar-refractivity contribution in [1.29, 1.82) is 0 Å². The summed E-state index contributed by atoms with van der Waals surface area (Å²) in [4.78, 5) is 57.4. The Kier molecular flexibility index (Phi) is 4.75. The van der Waals surface area contributed by atoms with Crippen LogP contribution >= 0.6 is 0 Å². The van der Waals surface area contributed by atoms with Gasteiger partial charge in [0.15, 0.2) is 0 Å². The van der Waals surface area contributed by atoms with E-state index in [-0.39, 0.29) is 5.56 Å². The molecule has 2 aliphatic heterocycles. The van der Waals surface area contributed by atoms with E-state index in [1.165, 1.54) is 12.1 Å². The number of anilines is 1. The minimum atomic E-state index is -5.51. The molecule has 2 aliphatic rings. The smallest absolute Gasteiger partial charge is 0.329 e. The first kappa shape index (κ1) is 21.1. The van der Waals surface area contributed by atoms with Crippen LogP contribution in [0.25, 0.3) is 0 Å². The Balaban J connectivity index is 1.85. The van der Waals surface area contributed by atoms with Crippen molar-refractivity contribution in [3.05, 3.63) is 60.2 Å². The van der Waals surface area contributed by atoms with E-state index >= 15 is 0 Å². The highest BCUT2D eigenvalue weighted by Crippen LogP contribution is 2.44. The van der Waals surface area contributed by atoms with Crippen LogP contribution in [0.3, 0.4) is 0 Å². The fourth-order valence-electron chi connectivity index (χ4n) is 3.51. The van der Waals surface area contributed by atoms with E-state index in [1.54, 1.807) is 10.6 Å². The van der Waals surface area contributed by atoms with Gasteiger partial charge in [-0.3, -0.25) is 24.7 Å². The molecule has 0 saturated carbocycles. The SMILES string of the molecule is O=C(NC1(C(F)(F)F)C(=O)N=C2C1C(=O)NC(=O)N2c1ccccc1F)c1ccncc1. The zero-order chi connectivity index (χ0) is 23.3. The summed E-state index contributed by atoms with van der Waals surface area (Å²) in [5, 5.41) is 3.26. The van der Waals surface area contributed by atoms with Crippen LogP contribution in [0.5, 0.6) is 0 Å². The van der Waals surface area contributed by atoms with Gasteiger partial charge in [-0.1, -0.05) is 12.1 Å². The molecular formula is C19H11F4N5O4. The number of carbonyl (C=O) groups excluding carboxylic acids is 4. The summed E-state index contributed by atoms with van der Waals surface area (Å²) in [5.74, 6) is -9.26. The molecular weight excluding hydrogens is 438 g/mol. The summed E-state index contributed by atoms with van der Waals surface area (Å²) in [7, 11) is 0. The zero-order valence-electron chi connectivity index (χ0n) is 15.7. The number of nitrogens with one attached hydrogen (secondary N) is 2. The zero-order valence-corrected chi connectivity index (χ0v) is 15.7. The molecule has 2 N–H and O–H groups in total. The molecule has 5 amide bonds. The van der Waals surface area contributed by atoms with Crippen molar-refractivity contribution in [2.24, 2.45) is 10.9 Å². The van der Waals surface area contributed by atoms with E-state index < -0.39 is 58.7 Å². The second-order valence-corrected chi connectivity index (χ2v) is 6.79. The number of imide groups is 1. The largest absolute Gasteiger partial charge is 0.422 e. The molecule has 2 aromatic rings. The normalized spacial score (nSPS) is 22.9. The average Bonchev–Trinajstić information content (AvgIpc) is 3.03. The Morgan fingerprint density at radius 3 is 2.38 bits per heavy atom. The van der Waals surface area contributed by atoms with Gasteiger partial charge in [0.2, 0.25) is 11.4 Å². The maximum Gasteiger partial charge on any atom is 0.422 e. The van der Waals surface area contributed by atoms with Crippen molar-refractivity contribution < 1.29 is 36.7 Å². The van der Waals surface area contributed by atoms with Gasteiger partial charge in [0.1, 0.15) is 17.6 Å². The van der Waals surface area contributed by atoms with E-state index in [9.17, 15) is 36.7 Å². The Morgan fingerprint density at radius 2 is 1.75 bits per heavy atom. The van der Waals surface area contributed by atoms with Crippen LogP contribution in [-0.2, 0) is 9.59 Å². The van der Waals surface area contributed by atoms with Crippen molar-refractivity contribution in [2.45, 2.75) is 11.7 Å². The van der Waals surface area contributed by atoms with Crippen molar-refractivity contribution in [2.75, 3.05) is 4.90 Å². The van der Waals surface area contributed by atoms with Crippen LogP contribution in [0.2, 0.25) is 0 Å². The van der Waals surface area contributed by atoms with E-state index in [1.807, 2.05) is 0 Å². The molecule has 2 atom stereocenters. The number of benzene rings is 1. The highest BCUT2D eigenvalue weighted by Gasteiger charge is 2.74. The summed E-state index contributed by atoms with van der Waals surface area (Å²) in [5.41, 5.74) is -4.63. The van der Waals surface area contributed by atoms with Crippen LogP contribution in [0, 0.1) is 11.7 Å². The third-order valence-corrected chi connectivity index (χ3v) is 4.96. The lowest BCUT2D eigenvalue weighted by Gasteiger charge is -2.39. The van der Waals surface area contributed by atoms with Gasteiger partial charge < -0.3 is 5.32 Å². The number of hydrogen-bond acceptors (Lipinski definition) is 5. The quantitative estimate of drug-likeness (QED) is 0.689. The highest BCUT2D eigenvalue weighted by atomic mass is 19.4. The molecule has 164 valence electrons. The Hall–Kier alpha value is -4.16. The van der Waals surface area contributed by atoms with Crippen molar-refractivity contribution in [3.63, 3.8) is 0 Å². The van der Waals surface area contributed by atoms with Gasteiger partial charge in [-0.05, 0) is 24.3 Å². The fourth-order valence-corrected chi connectivity index (χ4v) is 3.51. The number of aromatic nitrogens is 1. The topological polar surface area (TPSA) is 121 Å². The van der Waals surface area contributed by atoms with E-state index in [0.29, 0.717) is 4.90 Å². The second kappa shape index (κ2) is 7.21. The summed E-state index contributed by atoms with van der Waals surface area (Å²) in [6.45, 7) is 0. The Labute approximate surface area is 176 Å². The maximum absolute atomic E-state index is 14.3. The summed E-state index contributed by atoms with van der Waals surface area (Å²) in [6, 6.07) is 5.41. The molecule has 1 aromatic heterocycles. The van der Waals surface area contributed by atoms with Gasteiger partial charge in [-0.15, -0.1) is 0 Å². The molecule has 0 aliphatic carbocycles. The summed E-state index contributed by atoms with van der Waals surface area (Å²) in [6.07, 6.45) is -3.24. The number of amidine groups is 1. The molecule has 0 radical (unpaired) electrons. The van der Waals surface area contributed by atoms with Crippen molar-refractivity contribution in [3.8, 4) is 0 Å². The molecule has 1 aromatic carbocycles. The Morgan fingerprint density at radius 1 is 1.09 bits per heavy atom.